The molecule has 14 N–H and O–H groups in total. The minimum absolute atomic E-state index is 1.82. The molecule has 0 rings (SSSR count). The molecule has 0 fully saturated rings. The SMILES string of the molecule is O=C(O)C(=O)O.OB(O)O.OB(O)O.OB(O)O.OB(O)O. The van der Waals surface area contributed by atoms with Crippen molar-refractivity contribution in [2.45, 2.75) is 0 Å². The van der Waals surface area contributed by atoms with Crippen LogP contribution in [-0.2, 0) is 9.59 Å². The van der Waals surface area contributed by atoms with Crippen molar-refractivity contribution in [3.63, 3.8) is 0 Å². The van der Waals surface area contributed by atoms with Crippen molar-refractivity contribution in [1.82, 2.24) is 0 Å². The molecular weight excluding hydrogens is 323 g/mol. The Morgan fingerprint density at radius 3 is 0.455 bits per heavy atom. The summed E-state index contributed by atoms with van der Waals surface area (Å²) in [5.41, 5.74) is 0. The van der Waals surface area contributed by atoms with Gasteiger partial charge in [0.25, 0.3) is 0 Å². The standard InChI is InChI=1S/C2H2O4.4BH3O3/c3-1(4)2(5)6;4*2-1(3)4/h(H,3,4)(H,5,6);4*2-4H. The van der Waals surface area contributed by atoms with E-state index in [-0.39, 0.29) is 0 Å². The van der Waals surface area contributed by atoms with Gasteiger partial charge in [-0.25, -0.2) is 9.59 Å². The van der Waals surface area contributed by atoms with E-state index in [1.165, 1.54) is 0 Å². The molecule has 0 saturated heterocycles. The Kier molecular flexibility index (Phi) is 36.6. The lowest BCUT2D eigenvalue weighted by molar-refractivity contribution is -0.159. The molecule has 0 spiro atoms. The van der Waals surface area contributed by atoms with Crippen molar-refractivity contribution < 1.29 is 80.1 Å². The van der Waals surface area contributed by atoms with Gasteiger partial charge in [-0.05, 0) is 0 Å². The Hall–Kier alpha value is -1.28. The molecule has 20 heteroatoms. The Morgan fingerprint density at radius 1 is 0.409 bits per heavy atom. The van der Waals surface area contributed by atoms with Gasteiger partial charge in [-0.3, -0.25) is 0 Å². The van der Waals surface area contributed by atoms with E-state index < -0.39 is 41.2 Å². The predicted octanol–water partition coefficient (Wildman–Crippen LogP) is -9.05. The maximum Gasteiger partial charge on any atom is 0.631 e. The van der Waals surface area contributed by atoms with E-state index >= 15 is 0 Å². The molecule has 22 heavy (non-hydrogen) atoms. The summed E-state index contributed by atoms with van der Waals surface area (Å²) in [5, 5.41) is 101. The van der Waals surface area contributed by atoms with E-state index in [2.05, 4.69) is 0 Å². The maximum atomic E-state index is 9.10. The summed E-state index contributed by atoms with van der Waals surface area (Å²) in [6, 6.07) is 0. The molecule has 0 aliphatic rings. The number of rotatable bonds is 0. The maximum absolute atomic E-state index is 9.10. The van der Waals surface area contributed by atoms with Gasteiger partial charge in [-0.2, -0.15) is 0 Å². The van der Waals surface area contributed by atoms with E-state index in [0.717, 1.165) is 0 Å². The Morgan fingerprint density at radius 2 is 0.455 bits per heavy atom. The number of carboxylic acids is 2. The average molecular weight is 337 g/mol. The van der Waals surface area contributed by atoms with Crippen LogP contribution in [0.15, 0.2) is 0 Å². The molecule has 0 amide bonds. The van der Waals surface area contributed by atoms with E-state index in [9.17, 15) is 0 Å². The number of hydrogen-bond donors (Lipinski definition) is 14. The van der Waals surface area contributed by atoms with E-state index in [0.29, 0.717) is 0 Å². The molecule has 130 valence electrons. The molecule has 0 aliphatic heterocycles. The number of aliphatic carboxylic acids is 2. The van der Waals surface area contributed by atoms with Crippen LogP contribution >= 0.6 is 0 Å². The fraction of sp³-hybridized carbons (Fsp3) is 0. The highest BCUT2D eigenvalue weighted by Crippen LogP contribution is 1.56. The van der Waals surface area contributed by atoms with Gasteiger partial charge in [0.15, 0.2) is 0 Å². The lowest BCUT2D eigenvalue weighted by Gasteiger charge is -1.72. The largest absolute Gasteiger partial charge is 0.631 e. The zero-order valence-corrected chi connectivity index (χ0v) is 10.4. The molecule has 0 aromatic rings. The highest BCUT2D eigenvalue weighted by Gasteiger charge is 2.04. The first-order valence-electron chi connectivity index (χ1n) is 4.20. The average Bonchev–Trinajstić information content (AvgIpc) is 2.12. The Balaban J connectivity index is -0.0000000555. The van der Waals surface area contributed by atoms with Crippen LogP contribution in [0.2, 0.25) is 0 Å². The van der Waals surface area contributed by atoms with Crippen LogP contribution in [0.25, 0.3) is 0 Å². The van der Waals surface area contributed by atoms with Gasteiger partial charge in [-0.15, -0.1) is 0 Å². The van der Waals surface area contributed by atoms with Crippen molar-refractivity contribution in [1.29, 1.82) is 0 Å². The van der Waals surface area contributed by atoms with Gasteiger partial charge in [0.2, 0.25) is 0 Å². The second-order valence-electron chi connectivity index (χ2n) is 2.00. The number of hydrogen-bond acceptors (Lipinski definition) is 14. The van der Waals surface area contributed by atoms with Crippen molar-refractivity contribution in [3.8, 4) is 0 Å². The summed E-state index contributed by atoms with van der Waals surface area (Å²) in [7, 11) is -8.67. The number of carbonyl (C=O) groups is 2. The first-order valence-corrected chi connectivity index (χ1v) is 4.20. The van der Waals surface area contributed by atoms with Gasteiger partial charge >= 0.3 is 41.2 Å². The molecule has 0 saturated carbocycles. The summed E-state index contributed by atoms with van der Waals surface area (Å²) < 4.78 is 0. The Labute approximate surface area is 122 Å². The molecule has 0 unspecified atom stereocenters. The van der Waals surface area contributed by atoms with Gasteiger partial charge < -0.3 is 70.5 Å². The lowest BCUT2D eigenvalue weighted by Crippen LogP contribution is -2.09. The summed E-state index contributed by atoms with van der Waals surface area (Å²) in [6.45, 7) is 0. The molecular formula is C2H14B4O16. The minimum atomic E-state index is -2.17. The highest BCUT2D eigenvalue weighted by molar-refractivity contribution is 6.31. The van der Waals surface area contributed by atoms with E-state index in [1.807, 2.05) is 0 Å². The molecule has 0 aromatic heterocycles. The quantitative estimate of drug-likeness (QED) is 0.144. The topological polar surface area (TPSA) is 317 Å². The van der Waals surface area contributed by atoms with Crippen LogP contribution in [0.4, 0.5) is 0 Å². The fourth-order valence-corrected chi connectivity index (χ4v) is 0. The summed E-state index contributed by atoms with van der Waals surface area (Å²) >= 11 is 0. The van der Waals surface area contributed by atoms with Crippen LogP contribution < -0.4 is 0 Å². The first-order chi connectivity index (χ1) is 9.57. The van der Waals surface area contributed by atoms with E-state index in [1.54, 1.807) is 0 Å². The Bertz CT molecular complexity index is 181. The second kappa shape index (κ2) is 24.7. The molecule has 0 bridgehead atoms. The minimum Gasteiger partial charge on any atom is -0.473 e. The van der Waals surface area contributed by atoms with Crippen molar-refractivity contribution in [2.75, 3.05) is 0 Å². The van der Waals surface area contributed by atoms with Crippen LogP contribution in [-0.4, -0.2) is 112 Å². The summed E-state index contributed by atoms with van der Waals surface area (Å²) in [6.07, 6.45) is 0. The predicted molar refractivity (Wildman–Crippen MR) is 64.9 cm³/mol. The number of carboxylic acid groups (broad SMARTS) is 2. The molecule has 0 aromatic carbocycles. The molecule has 0 atom stereocenters. The zero-order valence-electron chi connectivity index (χ0n) is 10.4. The normalized spacial score (nSPS) is 6.91. The molecule has 16 nitrogen and oxygen atoms in total. The smallest absolute Gasteiger partial charge is 0.473 e. The van der Waals surface area contributed by atoms with Crippen LogP contribution in [0.3, 0.4) is 0 Å². The van der Waals surface area contributed by atoms with Gasteiger partial charge in [0, 0.05) is 0 Å². The molecule has 0 radical (unpaired) electrons. The van der Waals surface area contributed by atoms with Crippen LogP contribution in [0.5, 0.6) is 0 Å². The van der Waals surface area contributed by atoms with Crippen molar-refractivity contribution in [3.05, 3.63) is 0 Å². The second-order valence-corrected chi connectivity index (χ2v) is 2.00. The van der Waals surface area contributed by atoms with Gasteiger partial charge in [0.05, 0.1) is 0 Å². The van der Waals surface area contributed by atoms with Crippen molar-refractivity contribution >= 4 is 41.2 Å². The van der Waals surface area contributed by atoms with Crippen molar-refractivity contribution in [2.24, 2.45) is 0 Å². The summed E-state index contributed by atoms with van der Waals surface area (Å²) in [4.78, 5) is 18.2. The van der Waals surface area contributed by atoms with Gasteiger partial charge in [-0.1, -0.05) is 0 Å². The third-order valence-electron chi connectivity index (χ3n) is 0.183. The third-order valence-corrected chi connectivity index (χ3v) is 0.183. The van der Waals surface area contributed by atoms with Gasteiger partial charge in [0.1, 0.15) is 0 Å². The van der Waals surface area contributed by atoms with Crippen LogP contribution in [0, 0.1) is 0 Å². The third kappa shape index (κ3) is 795. The highest BCUT2D eigenvalue weighted by atomic mass is 16.5. The lowest BCUT2D eigenvalue weighted by atomic mass is 10.3. The molecule has 0 heterocycles. The van der Waals surface area contributed by atoms with Crippen LogP contribution in [0.1, 0.15) is 0 Å². The van der Waals surface area contributed by atoms with E-state index in [4.69, 9.17) is 80.1 Å². The summed E-state index contributed by atoms with van der Waals surface area (Å²) in [5.74, 6) is -3.65. The monoisotopic (exact) mass is 338 g/mol. The first kappa shape index (κ1) is 32.6. The fourth-order valence-electron chi connectivity index (χ4n) is 0. The molecule has 0 aliphatic carbocycles. The zero-order chi connectivity index (χ0) is 19.5.